The Bertz CT molecular complexity index is 475. The molecular weight excluding hydrogens is 214 g/mol. The molecule has 17 heavy (non-hydrogen) atoms. The lowest BCUT2D eigenvalue weighted by atomic mass is 9.75. The van der Waals surface area contributed by atoms with Crippen LogP contribution in [0.25, 0.3) is 0 Å². The zero-order valence-corrected chi connectivity index (χ0v) is 10.3. The lowest BCUT2D eigenvalue weighted by Crippen LogP contribution is -2.42. The molecular formula is C14H17NO2. The number of hydrogen-bond donors (Lipinski definition) is 0. The molecule has 0 saturated carbocycles. The number of fused-ring (bicyclic) bond motifs is 2. The van der Waals surface area contributed by atoms with E-state index in [0.717, 1.165) is 18.5 Å². The van der Waals surface area contributed by atoms with Crippen molar-refractivity contribution in [2.75, 3.05) is 25.2 Å². The van der Waals surface area contributed by atoms with E-state index in [0.29, 0.717) is 13.2 Å². The molecule has 0 radical (unpaired) electrons. The number of benzene rings is 1. The Kier molecular flexibility index (Phi) is 2.26. The van der Waals surface area contributed by atoms with Crippen LogP contribution in [0.4, 0.5) is 5.69 Å². The molecule has 2 aliphatic heterocycles. The van der Waals surface area contributed by atoms with Gasteiger partial charge in [0.2, 0.25) is 5.91 Å². The Morgan fingerprint density at radius 2 is 2.00 bits per heavy atom. The number of amides is 1. The highest BCUT2D eigenvalue weighted by Crippen LogP contribution is 2.47. The Hall–Kier alpha value is -1.35. The first-order valence-electron chi connectivity index (χ1n) is 6.12. The minimum atomic E-state index is -0.309. The number of rotatable bonds is 0. The van der Waals surface area contributed by atoms with Crippen LogP contribution in [0.5, 0.6) is 0 Å². The minimum absolute atomic E-state index is 0.237. The molecule has 3 rings (SSSR count). The van der Waals surface area contributed by atoms with Gasteiger partial charge >= 0.3 is 0 Å². The van der Waals surface area contributed by atoms with E-state index in [2.05, 4.69) is 25.1 Å². The van der Waals surface area contributed by atoms with Crippen LogP contribution in [0.2, 0.25) is 0 Å². The van der Waals surface area contributed by atoms with E-state index >= 15 is 0 Å². The third kappa shape index (κ3) is 1.35. The first-order chi connectivity index (χ1) is 8.15. The second-order valence-corrected chi connectivity index (χ2v) is 5.08. The van der Waals surface area contributed by atoms with Gasteiger partial charge in [0.25, 0.3) is 0 Å². The fourth-order valence-electron chi connectivity index (χ4n) is 3.07. The molecule has 3 nitrogen and oxygen atoms in total. The second kappa shape index (κ2) is 3.57. The fourth-order valence-corrected chi connectivity index (χ4v) is 3.07. The van der Waals surface area contributed by atoms with Crippen molar-refractivity contribution in [1.82, 2.24) is 0 Å². The highest BCUT2D eigenvalue weighted by Gasteiger charge is 2.50. The van der Waals surface area contributed by atoms with E-state index < -0.39 is 0 Å². The van der Waals surface area contributed by atoms with Crippen molar-refractivity contribution in [3.05, 3.63) is 29.3 Å². The molecule has 3 heteroatoms. The van der Waals surface area contributed by atoms with Gasteiger partial charge in [-0.25, -0.2) is 0 Å². The molecule has 1 fully saturated rings. The van der Waals surface area contributed by atoms with Gasteiger partial charge in [0, 0.05) is 25.9 Å². The summed E-state index contributed by atoms with van der Waals surface area (Å²) in [6.45, 7) is 3.44. The summed E-state index contributed by atoms with van der Waals surface area (Å²) in [6, 6.07) is 6.33. The first kappa shape index (κ1) is 10.8. The van der Waals surface area contributed by atoms with Gasteiger partial charge in [0.05, 0.1) is 5.41 Å². The second-order valence-electron chi connectivity index (χ2n) is 5.08. The van der Waals surface area contributed by atoms with Gasteiger partial charge < -0.3 is 9.64 Å². The zero-order chi connectivity index (χ0) is 12.0. The van der Waals surface area contributed by atoms with E-state index in [1.807, 2.05) is 11.9 Å². The Balaban J connectivity index is 2.16. The molecule has 0 bridgehead atoms. The summed E-state index contributed by atoms with van der Waals surface area (Å²) in [7, 11) is 1.88. The smallest absolute Gasteiger partial charge is 0.237 e. The summed E-state index contributed by atoms with van der Waals surface area (Å²) < 4.78 is 5.41. The molecule has 2 aliphatic rings. The SMILES string of the molecule is Cc1ccc2c(c1)N(C)C(=O)C21CCOCC1. The van der Waals surface area contributed by atoms with E-state index in [9.17, 15) is 4.79 Å². The van der Waals surface area contributed by atoms with Crippen LogP contribution in [-0.4, -0.2) is 26.2 Å². The molecule has 0 aliphatic carbocycles. The average molecular weight is 231 g/mol. The van der Waals surface area contributed by atoms with E-state index in [4.69, 9.17) is 4.74 Å². The predicted molar refractivity (Wildman–Crippen MR) is 66.3 cm³/mol. The highest BCUT2D eigenvalue weighted by atomic mass is 16.5. The van der Waals surface area contributed by atoms with Crippen molar-refractivity contribution in [3.8, 4) is 0 Å². The van der Waals surface area contributed by atoms with Crippen molar-refractivity contribution in [3.63, 3.8) is 0 Å². The van der Waals surface area contributed by atoms with Crippen LogP contribution in [0.15, 0.2) is 18.2 Å². The molecule has 1 amide bonds. The number of anilines is 1. The van der Waals surface area contributed by atoms with Crippen LogP contribution < -0.4 is 4.90 Å². The molecule has 2 heterocycles. The van der Waals surface area contributed by atoms with E-state index in [1.54, 1.807) is 0 Å². The summed E-state index contributed by atoms with van der Waals surface area (Å²) in [5.74, 6) is 0.237. The molecule has 1 aromatic rings. The quantitative estimate of drug-likeness (QED) is 0.683. The third-order valence-electron chi connectivity index (χ3n) is 4.09. The fraction of sp³-hybridized carbons (Fsp3) is 0.500. The summed E-state index contributed by atoms with van der Waals surface area (Å²) in [5, 5.41) is 0. The highest BCUT2D eigenvalue weighted by molar-refractivity contribution is 6.07. The Morgan fingerprint density at radius 1 is 1.29 bits per heavy atom. The van der Waals surface area contributed by atoms with Gasteiger partial charge in [-0.3, -0.25) is 4.79 Å². The van der Waals surface area contributed by atoms with Crippen LogP contribution >= 0.6 is 0 Å². The van der Waals surface area contributed by atoms with Gasteiger partial charge in [0.15, 0.2) is 0 Å². The van der Waals surface area contributed by atoms with Gasteiger partial charge in [-0.2, -0.15) is 0 Å². The van der Waals surface area contributed by atoms with Gasteiger partial charge in [0.1, 0.15) is 0 Å². The van der Waals surface area contributed by atoms with Crippen molar-refractivity contribution in [2.45, 2.75) is 25.2 Å². The van der Waals surface area contributed by atoms with Crippen molar-refractivity contribution in [2.24, 2.45) is 0 Å². The van der Waals surface area contributed by atoms with Crippen LogP contribution in [-0.2, 0) is 14.9 Å². The van der Waals surface area contributed by atoms with Crippen molar-refractivity contribution >= 4 is 11.6 Å². The molecule has 90 valence electrons. The molecule has 1 saturated heterocycles. The third-order valence-corrected chi connectivity index (χ3v) is 4.09. The maximum atomic E-state index is 12.5. The molecule has 0 unspecified atom stereocenters. The lowest BCUT2D eigenvalue weighted by molar-refractivity contribution is -0.126. The molecule has 0 aromatic heterocycles. The number of aryl methyl sites for hydroxylation is 1. The van der Waals surface area contributed by atoms with Crippen LogP contribution in [0, 0.1) is 6.92 Å². The van der Waals surface area contributed by atoms with E-state index in [-0.39, 0.29) is 11.3 Å². The monoisotopic (exact) mass is 231 g/mol. The van der Waals surface area contributed by atoms with Crippen molar-refractivity contribution in [1.29, 1.82) is 0 Å². The first-order valence-corrected chi connectivity index (χ1v) is 6.12. The van der Waals surface area contributed by atoms with E-state index in [1.165, 1.54) is 11.1 Å². The number of ether oxygens (including phenoxy) is 1. The maximum absolute atomic E-state index is 12.5. The predicted octanol–water partition coefficient (Wildman–Crippen LogP) is 2.02. The average Bonchev–Trinajstić information content (AvgIpc) is 2.54. The summed E-state index contributed by atoms with van der Waals surface area (Å²) in [5.41, 5.74) is 3.17. The minimum Gasteiger partial charge on any atom is -0.381 e. The number of carbonyl (C=O) groups is 1. The van der Waals surface area contributed by atoms with Gasteiger partial charge in [-0.1, -0.05) is 12.1 Å². The number of hydrogen-bond acceptors (Lipinski definition) is 2. The molecule has 1 aromatic carbocycles. The van der Waals surface area contributed by atoms with Gasteiger partial charge in [-0.15, -0.1) is 0 Å². The largest absolute Gasteiger partial charge is 0.381 e. The molecule has 0 atom stereocenters. The summed E-state index contributed by atoms with van der Waals surface area (Å²) in [4.78, 5) is 14.3. The number of carbonyl (C=O) groups excluding carboxylic acids is 1. The van der Waals surface area contributed by atoms with Crippen LogP contribution in [0.1, 0.15) is 24.0 Å². The normalized spacial score (nSPS) is 22.0. The molecule has 1 spiro atoms. The Morgan fingerprint density at radius 3 is 2.71 bits per heavy atom. The Labute approximate surface area is 101 Å². The van der Waals surface area contributed by atoms with Crippen molar-refractivity contribution < 1.29 is 9.53 Å². The topological polar surface area (TPSA) is 29.5 Å². The lowest BCUT2D eigenvalue weighted by Gasteiger charge is -2.32. The zero-order valence-electron chi connectivity index (χ0n) is 10.3. The van der Waals surface area contributed by atoms with Crippen LogP contribution in [0.3, 0.4) is 0 Å². The number of likely N-dealkylation sites (N-methyl/N-ethyl adjacent to an activating group) is 1. The standard InChI is InChI=1S/C14H17NO2/c1-10-3-4-11-12(9-10)15(2)13(16)14(11)5-7-17-8-6-14/h3-4,9H,5-8H2,1-2H3. The summed E-state index contributed by atoms with van der Waals surface area (Å²) in [6.07, 6.45) is 1.62. The summed E-state index contributed by atoms with van der Waals surface area (Å²) >= 11 is 0. The molecule has 0 N–H and O–H groups in total. The number of nitrogens with zero attached hydrogens (tertiary/aromatic N) is 1. The maximum Gasteiger partial charge on any atom is 0.237 e. The van der Waals surface area contributed by atoms with Gasteiger partial charge in [-0.05, 0) is 37.0 Å².